The number of nitrogens with zero attached hydrogens (tertiary/aromatic N) is 4. The van der Waals surface area contributed by atoms with Gasteiger partial charge in [-0.05, 0) is 24.3 Å². The molecule has 0 amide bonds. The third-order valence-electron chi connectivity index (χ3n) is 4.77. The topological polar surface area (TPSA) is 41.4 Å². The molecule has 1 aliphatic rings. The molecule has 1 aromatic carbocycles. The molecular weight excluding hydrogens is 336 g/mol. The summed E-state index contributed by atoms with van der Waals surface area (Å²) in [5, 5.41) is 0.661. The van der Waals surface area contributed by atoms with Gasteiger partial charge < -0.3 is 4.57 Å². The molecule has 2 aromatic rings. The van der Waals surface area contributed by atoms with Crippen molar-refractivity contribution in [1.82, 2.24) is 19.4 Å². The van der Waals surface area contributed by atoms with E-state index in [1.165, 1.54) is 0 Å². The number of hydrogen-bond acceptors (Lipinski definition) is 4. The van der Waals surface area contributed by atoms with Crippen LogP contribution in [0.5, 0.6) is 0 Å². The number of aromatic nitrogens is 2. The lowest BCUT2D eigenvalue weighted by Gasteiger charge is -2.34. The second kappa shape index (κ2) is 8.61. The molecule has 0 radical (unpaired) electrons. The average molecular weight is 361 g/mol. The van der Waals surface area contributed by atoms with Crippen LogP contribution in [0, 0.1) is 0 Å². The van der Waals surface area contributed by atoms with E-state index in [9.17, 15) is 4.79 Å². The summed E-state index contributed by atoms with van der Waals surface area (Å²) in [5.74, 6) is 1.31. The van der Waals surface area contributed by atoms with Crippen molar-refractivity contribution in [3.05, 3.63) is 53.1 Å². The number of rotatable bonds is 7. The maximum atomic E-state index is 12.3. The van der Waals surface area contributed by atoms with E-state index >= 15 is 0 Å². The van der Waals surface area contributed by atoms with Crippen LogP contribution in [0.25, 0.3) is 0 Å². The summed E-state index contributed by atoms with van der Waals surface area (Å²) in [5.41, 5.74) is 0.735. The predicted octanol–water partition coefficient (Wildman–Crippen LogP) is 2.60. The first-order valence-corrected chi connectivity index (χ1v) is 9.27. The van der Waals surface area contributed by atoms with E-state index in [1.807, 2.05) is 6.20 Å². The van der Waals surface area contributed by atoms with Gasteiger partial charge in [0, 0.05) is 68.7 Å². The van der Waals surface area contributed by atoms with Crippen molar-refractivity contribution in [1.29, 1.82) is 0 Å². The molecule has 0 spiro atoms. The zero-order chi connectivity index (χ0) is 17.6. The molecule has 6 heteroatoms. The summed E-state index contributed by atoms with van der Waals surface area (Å²) in [6, 6.07) is 7.15. The molecule has 0 aliphatic carbocycles. The van der Waals surface area contributed by atoms with Gasteiger partial charge in [0.25, 0.3) is 0 Å². The molecule has 0 bridgehead atoms. The number of imidazole rings is 1. The minimum Gasteiger partial charge on any atom is -0.334 e. The Morgan fingerprint density at radius 3 is 2.44 bits per heavy atom. The first kappa shape index (κ1) is 18.1. The number of carbonyl (C=O) groups excluding carboxylic acids is 1. The maximum absolute atomic E-state index is 12.3. The summed E-state index contributed by atoms with van der Waals surface area (Å²) >= 11 is 5.88. The summed E-state index contributed by atoms with van der Waals surface area (Å²) in [6.07, 6.45) is 4.90. The largest absolute Gasteiger partial charge is 0.334 e. The highest BCUT2D eigenvalue weighted by molar-refractivity contribution is 6.30. The number of aryl methyl sites for hydroxylation is 1. The van der Waals surface area contributed by atoms with Gasteiger partial charge in [-0.15, -0.1) is 0 Å². The van der Waals surface area contributed by atoms with Crippen LogP contribution in [-0.4, -0.2) is 64.4 Å². The van der Waals surface area contributed by atoms with Crippen LogP contribution >= 0.6 is 11.6 Å². The van der Waals surface area contributed by atoms with Crippen LogP contribution in [0.3, 0.4) is 0 Å². The number of ketones is 1. The Morgan fingerprint density at radius 2 is 1.76 bits per heavy atom. The lowest BCUT2D eigenvalue weighted by atomic mass is 10.1. The van der Waals surface area contributed by atoms with Crippen LogP contribution < -0.4 is 0 Å². The molecular formula is C19H25ClN4O. The number of hydrogen-bond donors (Lipinski definition) is 0. The van der Waals surface area contributed by atoms with Crippen LogP contribution in [0.1, 0.15) is 23.1 Å². The van der Waals surface area contributed by atoms with Crippen molar-refractivity contribution >= 4 is 17.4 Å². The van der Waals surface area contributed by atoms with Crippen LogP contribution in [-0.2, 0) is 13.0 Å². The Kier molecular flexibility index (Phi) is 6.24. The molecule has 0 saturated carbocycles. The molecule has 1 aliphatic heterocycles. The smallest absolute Gasteiger partial charge is 0.176 e. The van der Waals surface area contributed by atoms with Gasteiger partial charge in [-0.1, -0.05) is 18.5 Å². The van der Waals surface area contributed by atoms with Gasteiger partial charge >= 0.3 is 0 Å². The van der Waals surface area contributed by atoms with Crippen LogP contribution in [0.2, 0.25) is 5.02 Å². The summed E-state index contributed by atoms with van der Waals surface area (Å²) < 4.78 is 2.23. The van der Waals surface area contributed by atoms with Gasteiger partial charge in [-0.25, -0.2) is 4.98 Å². The van der Waals surface area contributed by atoms with Gasteiger partial charge in [0.15, 0.2) is 5.78 Å². The molecule has 2 heterocycles. The van der Waals surface area contributed by atoms with E-state index in [0.717, 1.165) is 57.1 Å². The van der Waals surface area contributed by atoms with Gasteiger partial charge in [0.1, 0.15) is 5.82 Å². The monoisotopic (exact) mass is 360 g/mol. The van der Waals surface area contributed by atoms with Crippen molar-refractivity contribution in [2.75, 3.05) is 39.3 Å². The number of Topliss-reactive ketones (excluding diaryl/α,β-unsaturated/α-hetero) is 1. The third-order valence-corrected chi connectivity index (χ3v) is 5.03. The van der Waals surface area contributed by atoms with Crippen molar-refractivity contribution < 1.29 is 4.79 Å². The first-order valence-electron chi connectivity index (χ1n) is 8.89. The van der Waals surface area contributed by atoms with Crippen molar-refractivity contribution in [3.8, 4) is 0 Å². The number of carbonyl (C=O) groups is 1. The summed E-state index contributed by atoms with van der Waals surface area (Å²) in [7, 11) is 0. The van der Waals surface area contributed by atoms with Crippen LogP contribution in [0.4, 0.5) is 0 Å². The first-order chi connectivity index (χ1) is 12.2. The molecule has 1 aromatic heterocycles. The third kappa shape index (κ3) is 4.91. The maximum Gasteiger partial charge on any atom is 0.176 e. The Morgan fingerprint density at radius 1 is 1.08 bits per heavy atom. The van der Waals surface area contributed by atoms with E-state index in [-0.39, 0.29) is 5.78 Å². The Hall–Kier alpha value is -1.69. The number of halogens is 1. The Balaban J connectivity index is 1.42. The Bertz CT molecular complexity index is 690. The van der Waals surface area contributed by atoms with Gasteiger partial charge in [0.05, 0.1) is 6.54 Å². The van der Waals surface area contributed by atoms with E-state index < -0.39 is 0 Å². The SMILES string of the molecule is CCc1nccn1CCN1CCN(CC(=O)c2ccc(Cl)cc2)CC1. The minimum atomic E-state index is 0.163. The van der Waals surface area contributed by atoms with E-state index in [4.69, 9.17) is 11.6 Å². The molecule has 0 N–H and O–H groups in total. The Labute approximate surface area is 154 Å². The highest BCUT2D eigenvalue weighted by Crippen LogP contribution is 2.11. The lowest BCUT2D eigenvalue weighted by molar-refractivity contribution is 0.0848. The standard InChI is InChI=1S/C19H25ClN4O/c1-2-19-21-7-8-24(19)14-13-22-9-11-23(12-10-22)15-18(25)16-3-5-17(20)6-4-16/h3-8H,2,9-15H2,1H3. The summed E-state index contributed by atoms with van der Waals surface area (Å²) in [4.78, 5) is 21.4. The van der Waals surface area contributed by atoms with Gasteiger partial charge in [-0.3, -0.25) is 14.6 Å². The fraction of sp³-hybridized carbons (Fsp3) is 0.474. The molecule has 1 fully saturated rings. The van der Waals surface area contributed by atoms with Crippen molar-refractivity contribution in [3.63, 3.8) is 0 Å². The number of piperazine rings is 1. The zero-order valence-electron chi connectivity index (χ0n) is 14.7. The number of benzene rings is 1. The highest BCUT2D eigenvalue weighted by atomic mass is 35.5. The fourth-order valence-corrected chi connectivity index (χ4v) is 3.33. The average Bonchev–Trinajstić information content (AvgIpc) is 3.09. The second-order valence-corrected chi connectivity index (χ2v) is 6.87. The lowest BCUT2D eigenvalue weighted by Crippen LogP contribution is -2.48. The van der Waals surface area contributed by atoms with Crippen molar-refractivity contribution in [2.45, 2.75) is 19.9 Å². The van der Waals surface area contributed by atoms with E-state index in [2.05, 4.69) is 32.5 Å². The molecule has 0 atom stereocenters. The van der Waals surface area contributed by atoms with Crippen molar-refractivity contribution in [2.24, 2.45) is 0 Å². The van der Waals surface area contributed by atoms with E-state index in [0.29, 0.717) is 11.6 Å². The minimum absolute atomic E-state index is 0.163. The fourth-order valence-electron chi connectivity index (χ4n) is 3.21. The van der Waals surface area contributed by atoms with Gasteiger partial charge in [0.2, 0.25) is 0 Å². The molecule has 3 rings (SSSR count). The zero-order valence-corrected chi connectivity index (χ0v) is 15.5. The molecule has 0 unspecified atom stereocenters. The highest BCUT2D eigenvalue weighted by Gasteiger charge is 2.19. The normalized spacial score (nSPS) is 16.2. The quantitative estimate of drug-likeness (QED) is 0.712. The van der Waals surface area contributed by atoms with Crippen LogP contribution in [0.15, 0.2) is 36.7 Å². The van der Waals surface area contributed by atoms with Gasteiger partial charge in [-0.2, -0.15) is 0 Å². The second-order valence-electron chi connectivity index (χ2n) is 6.44. The molecule has 5 nitrogen and oxygen atoms in total. The summed E-state index contributed by atoms with van der Waals surface area (Å²) in [6.45, 7) is 8.50. The molecule has 134 valence electrons. The molecule has 25 heavy (non-hydrogen) atoms. The predicted molar refractivity (Wildman–Crippen MR) is 100 cm³/mol. The molecule has 1 saturated heterocycles. The van der Waals surface area contributed by atoms with E-state index in [1.54, 1.807) is 24.3 Å².